The molecule has 28 heavy (non-hydrogen) atoms. The van der Waals surface area contributed by atoms with Gasteiger partial charge in [0, 0.05) is 32.0 Å². The number of hydrogen-bond donors (Lipinski definition) is 1. The Balaban J connectivity index is 1.72. The van der Waals surface area contributed by atoms with Gasteiger partial charge in [0.15, 0.2) is 0 Å². The molecule has 1 saturated heterocycles. The summed E-state index contributed by atoms with van der Waals surface area (Å²) in [6, 6.07) is 8.75. The molecular weight excluding hydrogens is 378 g/mol. The lowest BCUT2D eigenvalue weighted by Crippen LogP contribution is -2.45. The Morgan fingerprint density at radius 2 is 2.04 bits per heavy atom. The smallest absolute Gasteiger partial charge is 0.246 e. The molecule has 0 saturated carbocycles. The number of ether oxygens (including phenoxy) is 1. The second-order valence-corrected chi connectivity index (χ2v) is 8.84. The number of benzene rings is 1. The van der Waals surface area contributed by atoms with Gasteiger partial charge in [-0.3, -0.25) is 9.78 Å². The van der Waals surface area contributed by atoms with Crippen LogP contribution in [0.25, 0.3) is 0 Å². The number of carbonyl (C=O) groups is 1. The van der Waals surface area contributed by atoms with Crippen molar-refractivity contribution in [3.63, 3.8) is 0 Å². The van der Waals surface area contributed by atoms with Gasteiger partial charge in [0.05, 0.1) is 13.0 Å². The fourth-order valence-corrected chi connectivity index (χ4v) is 5.10. The van der Waals surface area contributed by atoms with E-state index in [-0.39, 0.29) is 23.3 Å². The third kappa shape index (κ3) is 4.51. The Bertz CT molecular complexity index is 932. The maximum Gasteiger partial charge on any atom is 0.246 e. The first-order valence-electron chi connectivity index (χ1n) is 9.23. The molecule has 1 aliphatic heterocycles. The number of sulfonamides is 1. The van der Waals surface area contributed by atoms with E-state index < -0.39 is 10.0 Å². The maximum atomic E-state index is 13.2. The minimum absolute atomic E-state index is 0.132. The molecule has 8 heteroatoms. The van der Waals surface area contributed by atoms with E-state index >= 15 is 0 Å². The van der Waals surface area contributed by atoms with E-state index in [2.05, 4.69) is 10.3 Å². The molecule has 1 aliphatic rings. The number of amides is 1. The van der Waals surface area contributed by atoms with Gasteiger partial charge in [-0.2, -0.15) is 4.31 Å². The SMILES string of the molecule is COc1ccc(C)cc1S(=O)(=O)N1CCC[C@H](C(=O)NCc2ccncc2)C1. The summed E-state index contributed by atoms with van der Waals surface area (Å²) in [7, 11) is -2.29. The molecule has 1 fully saturated rings. The molecule has 1 amide bonds. The van der Waals surface area contributed by atoms with Crippen molar-refractivity contribution in [3.05, 3.63) is 53.9 Å². The number of nitrogens with zero attached hydrogens (tertiary/aromatic N) is 2. The van der Waals surface area contributed by atoms with Gasteiger partial charge in [-0.05, 0) is 55.2 Å². The topological polar surface area (TPSA) is 88.6 Å². The summed E-state index contributed by atoms with van der Waals surface area (Å²) in [5.74, 6) is -0.191. The van der Waals surface area contributed by atoms with E-state index in [9.17, 15) is 13.2 Å². The number of aryl methyl sites for hydroxylation is 1. The summed E-state index contributed by atoms with van der Waals surface area (Å²) >= 11 is 0. The highest BCUT2D eigenvalue weighted by molar-refractivity contribution is 7.89. The van der Waals surface area contributed by atoms with Gasteiger partial charge in [-0.25, -0.2) is 8.42 Å². The molecule has 1 aromatic carbocycles. The van der Waals surface area contributed by atoms with Crippen LogP contribution in [0.5, 0.6) is 5.75 Å². The van der Waals surface area contributed by atoms with Gasteiger partial charge in [-0.1, -0.05) is 6.07 Å². The second-order valence-electron chi connectivity index (χ2n) is 6.93. The zero-order chi connectivity index (χ0) is 20.1. The van der Waals surface area contributed by atoms with Crippen LogP contribution in [0.1, 0.15) is 24.0 Å². The standard InChI is InChI=1S/C20H25N3O4S/c1-15-5-6-18(27-2)19(12-15)28(25,26)23-11-3-4-17(14-23)20(24)22-13-16-7-9-21-10-8-16/h5-10,12,17H,3-4,11,13-14H2,1-2H3,(H,22,24)/t17-/m0/s1. The third-order valence-corrected chi connectivity index (χ3v) is 6.79. The summed E-state index contributed by atoms with van der Waals surface area (Å²) in [6.45, 7) is 2.80. The van der Waals surface area contributed by atoms with Crippen LogP contribution in [0.4, 0.5) is 0 Å². The number of rotatable bonds is 6. The van der Waals surface area contributed by atoms with Crippen molar-refractivity contribution >= 4 is 15.9 Å². The third-order valence-electron chi connectivity index (χ3n) is 4.91. The van der Waals surface area contributed by atoms with Crippen LogP contribution >= 0.6 is 0 Å². The van der Waals surface area contributed by atoms with Gasteiger partial charge in [0.1, 0.15) is 10.6 Å². The number of methoxy groups -OCH3 is 1. The first-order chi connectivity index (χ1) is 13.4. The molecule has 1 N–H and O–H groups in total. The van der Waals surface area contributed by atoms with Gasteiger partial charge < -0.3 is 10.1 Å². The van der Waals surface area contributed by atoms with Crippen molar-refractivity contribution in [1.29, 1.82) is 0 Å². The van der Waals surface area contributed by atoms with Gasteiger partial charge in [0.25, 0.3) is 0 Å². The minimum Gasteiger partial charge on any atom is -0.495 e. The highest BCUT2D eigenvalue weighted by Crippen LogP contribution is 2.30. The Labute approximate surface area is 165 Å². The maximum absolute atomic E-state index is 13.2. The van der Waals surface area contributed by atoms with Crippen molar-refractivity contribution in [2.75, 3.05) is 20.2 Å². The molecule has 0 radical (unpaired) electrons. The number of hydrogen-bond acceptors (Lipinski definition) is 5. The summed E-state index contributed by atoms with van der Waals surface area (Å²) < 4.78 is 33.0. The lowest BCUT2D eigenvalue weighted by atomic mass is 9.99. The molecule has 1 aromatic heterocycles. The molecule has 2 heterocycles. The van der Waals surface area contributed by atoms with Crippen LogP contribution in [-0.2, 0) is 21.4 Å². The Morgan fingerprint density at radius 3 is 2.75 bits per heavy atom. The van der Waals surface area contributed by atoms with Crippen LogP contribution in [0, 0.1) is 12.8 Å². The first kappa shape index (κ1) is 20.3. The molecule has 0 aliphatic carbocycles. The van der Waals surface area contributed by atoms with Crippen molar-refractivity contribution in [3.8, 4) is 5.75 Å². The lowest BCUT2D eigenvalue weighted by molar-refractivity contribution is -0.126. The van der Waals surface area contributed by atoms with Crippen LogP contribution in [0.2, 0.25) is 0 Å². The van der Waals surface area contributed by atoms with Crippen molar-refractivity contribution in [2.24, 2.45) is 5.92 Å². The average molecular weight is 404 g/mol. The largest absolute Gasteiger partial charge is 0.495 e. The summed E-state index contributed by atoms with van der Waals surface area (Å²) in [5, 5.41) is 2.90. The van der Waals surface area contributed by atoms with E-state index in [4.69, 9.17) is 4.74 Å². The lowest BCUT2D eigenvalue weighted by Gasteiger charge is -2.31. The zero-order valence-electron chi connectivity index (χ0n) is 16.1. The Hall–Kier alpha value is -2.45. The van der Waals surface area contributed by atoms with E-state index in [1.54, 1.807) is 24.5 Å². The van der Waals surface area contributed by atoms with E-state index in [1.165, 1.54) is 11.4 Å². The molecule has 0 bridgehead atoms. The van der Waals surface area contributed by atoms with Crippen LogP contribution in [-0.4, -0.2) is 43.8 Å². The van der Waals surface area contributed by atoms with Crippen molar-refractivity contribution in [2.45, 2.75) is 31.2 Å². The molecular formula is C20H25N3O4S. The molecule has 150 valence electrons. The summed E-state index contributed by atoms with van der Waals surface area (Å²) in [6.07, 6.45) is 4.65. The highest BCUT2D eigenvalue weighted by atomic mass is 32.2. The van der Waals surface area contributed by atoms with Crippen LogP contribution in [0.15, 0.2) is 47.6 Å². The van der Waals surface area contributed by atoms with Gasteiger partial charge in [-0.15, -0.1) is 0 Å². The number of nitrogens with one attached hydrogen (secondary N) is 1. The Kier molecular flexibility index (Phi) is 6.31. The van der Waals surface area contributed by atoms with Gasteiger partial charge >= 0.3 is 0 Å². The second kappa shape index (κ2) is 8.70. The van der Waals surface area contributed by atoms with Crippen LogP contribution in [0.3, 0.4) is 0 Å². The predicted octanol–water partition coefficient (Wildman–Crippen LogP) is 2.12. The predicted molar refractivity (Wildman–Crippen MR) is 105 cm³/mol. The fraction of sp³-hybridized carbons (Fsp3) is 0.400. The number of piperidine rings is 1. The summed E-state index contributed by atoms with van der Waals surface area (Å²) in [5.41, 5.74) is 1.79. The summed E-state index contributed by atoms with van der Waals surface area (Å²) in [4.78, 5) is 16.7. The van der Waals surface area contributed by atoms with Crippen molar-refractivity contribution < 1.29 is 17.9 Å². The highest BCUT2D eigenvalue weighted by Gasteiger charge is 2.34. The zero-order valence-corrected chi connectivity index (χ0v) is 16.9. The van der Waals surface area contributed by atoms with E-state index in [0.717, 1.165) is 11.1 Å². The van der Waals surface area contributed by atoms with E-state index in [0.29, 0.717) is 31.7 Å². The number of carbonyl (C=O) groups excluding carboxylic acids is 1. The molecule has 3 rings (SSSR count). The number of pyridine rings is 1. The van der Waals surface area contributed by atoms with Crippen molar-refractivity contribution in [1.82, 2.24) is 14.6 Å². The monoisotopic (exact) mass is 403 g/mol. The first-order valence-corrected chi connectivity index (χ1v) is 10.7. The number of aromatic nitrogens is 1. The normalized spacial score (nSPS) is 17.9. The molecule has 0 unspecified atom stereocenters. The molecule has 0 spiro atoms. The molecule has 7 nitrogen and oxygen atoms in total. The van der Waals surface area contributed by atoms with E-state index in [1.807, 2.05) is 25.1 Å². The average Bonchev–Trinajstić information content (AvgIpc) is 2.72. The molecule has 1 atom stereocenters. The molecule has 2 aromatic rings. The minimum atomic E-state index is -3.74. The quantitative estimate of drug-likeness (QED) is 0.798. The fourth-order valence-electron chi connectivity index (χ4n) is 3.33. The Morgan fingerprint density at radius 1 is 1.29 bits per heavy atom. The van der Waals surface area contributed by atoms with Gasteiger partial charge in [0.2, 0.25) is 15.9 Å². The van der Waals surface area contributed by atoms with Crippen LogP contribution < -0.4 is 10.1 Å².